The Kier molecular flexibility index (Phi) is 7.88. The maximum absolute atomic E-state index is 14.8. The number of Topliss-reactive ketones (excluding diaryl/α,β-unsaturated/α-hetero) is 1. The van der Waals surface area contributed by atoms with E-state index in [0.717, 1.165) is 12.0 Å². The predicted molar refractivity (Wildman–Crippen MR) is 156 cm³/mol. The van der Waals surface area contributed by atoms with Gasteiger partial charge >= 0.3 is 0 Å². The molecule has 0 atom stereocenters. The van der Waals surface area contributed by atoms with Gasteiger partial charge in [0.2, 0.25) is 0 Å². The second-order valence-corrected chi connectivity index (χ2v) is 11.0. The van der Waals surface area contributed by atoms with Crippen LogP contribution in [0.15, 0.2) is 60.8 Å². The van der Waals surface area contributed by atoms with Gasteiger partial charge in [-0.05, 0) is 60.4 Å². The number of ether oxygens (including phenoxy) is 2. The van der Waals surface area contributed by atoms with E-state index < -0.39 is 11.6 Å². The standard InChI is InChI=1S/C34H31F2N3O4/c1-42-25-12-10-22(31(16-25)43-2)18-39-19-29-32(34(39)41)23(15-28(38-29)33-26(35)4-3-5-27(33)36)14-24-11-9-21(17-37-24)30(40)13-8-20-6-7-20/h3-5,9-12,15-17,20H,6-8,13-14,18-19H2,1-2H3. The summed E-state index contributed by atoms with van der Waals surface area (Å²) < 4.78 is 40.5. The number of hydrogen-bond donors (Lipinski definition) is 0. The van der Waals surface area contributed by atoms with E-state index in [-0.39, 0.29) is 42.5 Å². The van der Waals surface area contributed by atoms with E-state index >= 15 is 0 Å². The number of ketones is 1. The summed E-state index contributed by atoms with van der Waals surface area (Å²) in [6.07, 6.45) is 5.58. The number of hydrogen-bond acceptors (Lipinski definition) is 6. The molecule has 1 saturated carbocycles. The van der Waals surface area contributed by atoms with Crippen molar-refractivity contribution in [3.8, 4) is 22.8 Å². The summed E-state index contributed by atoms with van der Waals surface area (Å²) in [7, 11) is 3.11. The molecule has 1 aliphatic heterocycles. The molecule has 0 bridgehead atoms. The molecule has 9 heteroatoms. The normalized spacial score (nSPS) is 14.1. The van der Waals surface area contributed by atoms with Crippen molar-refractivity contribution in [1.82, 2.24) is 14.9 Å². The number of amides is 1. The van der Waals surface area contributed by atoms with E-state index in [1.807, 2.05) is 6.07 Å². The first-order valence-electron chi connectivity index (χ1n) is 14.3. The summed E-state index contributed by atoms with van der Waals surface area (Å²) in [5.41, 5.74) is 3.17. The number of aromatic nitrogens is 2. The fourth-order valence-corrected chi connectivity index (χ4v) is 5.54. The highest BCUT2D eigenvalue weighted by atomic mass is 19.1. The molecule has 4 aromatic rings. The summed E-state index contributed by atoms with van der Waals surface area (Å²) in [6.45, 7) is 0.392. The Hall–Kier alpha value is -4.66. The van der Waals surface area contributed by atoms with Crippen LogP contribution in [0.4, 0.5) is 8.78 Å². The topological polar surface area (TPSA) is 81.6 Å². The Balaban J connectivity index is 1.33. The second-order valence-electron chi connectivity index (χ2n) is 11.0. The highest BCUT2D eigenvalue weighted by Gasteiger charge is 2.33. The van der Waals surface area contributed by atoms with E-state index in [1.54, 1.807) is 55.6 Å². The molecule has 3 heterocycles. The van der Waals surface area contributed by atoms with E-state index in [2.05, 4.69) is 9.97 Å². The van der Waals surface area contributed by atoms with Crippen LogP contribution in [0.3, 0.4) is 0 Å². The van der Waals surface area contributed by atoms with Gasteiger partial charge in [-0.3, -0.25) is 14.6 Å². The first kappa shape index (κ1) is 28.5. The summed E-state index contributed by atoms with van der Waals surface area (Å²) in [6, 6.07) is 14.1. The van der Waals surface area contributed by atoms with Crippen LogP contribution in [0.2, 0.25) is 0 Å². The number of nitrogens with zero attached hydrogens (tertiary/aromatic N) is 3. The van der Waals surface area contributed by atoms with Crippen LogP contribution in [0.25, 0.3) is 11.3 Å². The van der Waals surface area contributed by atoms with Crippen LogP contribution < -0.4 is 9.47 Å². The smallest absolute Gasteiger partial charge is 0.256 e. The second kappa shape index (κ2) is 11.9. The maximum Gasteiger partial charge on any atom is 0.256 e. The van der Waals surface area contributed by atoms with E-state index in [9.17, 15) is 18.4 Å². The lowest BCUT2D eigenvalue weighted by Gasteiger charge is -2.18. The number of carbonyl (C=O) groups is 2. The largest absolute Gasteiger partial charge is 0.497 e. The molecule has 6 rings (SSSR count). The molecule has 1 amide bonds. The third-order valence-corrected chi connectivity index (χ3v) is 8.09. The lowest BCUT2D eigenvalue weighted by molar-refractivity contribution is 0.0764. The van der Waals surface area contributed by atoms with Crippen molar-refractivity contribution in [1.29, 1.82) is 0 Å². The van der Waals surface area contributed by atoms with Gasteiger partial charge in [0.25, 0.3) is 5.91 Å². The zero-order valence-corrected chi connectivity index (χ0v) is 24.0. The molecule has 7 nitrogen and oxygen atoms in total. The number of halogens is 2. The van der Waals surface area contributed by atoms with Crippen molar-refractivity contribution >= 4 is 11.7 Å². The van der Waals surface area contributed by atoms with Gasteiger partial charge in [0.05, 0.1) is 49.8 Å². The number of methoxy groups -OCH3 is 2. The van der Waals surface area contributed by atoms with Gasteiger partial charge in [-0.1, -0.05) is 18.9 Å². The summed E-state index contributed by atoms with van der Waals surface area (Å²) >= 11 is 0. The Bertz CT molecular complexity index is 1680. The van der Waals surface area contributed by atoms with Crippen LogP contribution >= 0.6 is 0 Å². The number of rotatable bonds is 11. The Morgan fingerprint density at radius 2 is 1.77 bits per heavy atom. The number of fused-ring (bicyclic) bond motifs is 1. The number of carbonyl (C=O) groups excluding carboxylic acids is 2. The first-order chi connectivity index (χ1) is 20.8. The van der Waals surface area contributed by atoms with E-state index in [0.29, 0.717) is 51.9 Å². The van der Waals surface area contributed by atoms with Gasteiger partial charge in [0, 0.05) is 41.9 Å². The molecule has 0 saturated heterocycles. The fourth-order valence-electron chi connectivity index (χ4n) is 5.54. The predicted octanol–water partition coefficient (Wildman–Crippen LogP) is 6.56. The fraction of sp³-hybridized carbons (Fsp3) is 0.294. The average molecular weight is 584 g/mol. The molecule has 0 unspecified atom stereocenters. The minimum absolute atomic E-state index is 0.0628. The van der Waals surface area contributed by atoms with Gasteiger partial charge in [0.1, 0.15) is 23.1 Å². The summed E-state index contributed by atoms with van der Waals surface area (Å²) in [5.74, 6) is 0.197. The van der Waals surface area contributed by atoms with Crippen LogP contribution in [0.5, 0.6) is 11.5 Å². The van der Waals surface area contributed by atoms with Crippen molar-refractivity contribution in [2.24, 2.45) is 5.92 Å². The minimum Gasteiger partial charge on any atom is -0.497 e. The van der Waals surface area contributed by atoms with Crippen molar-refractivity contribution < 1.29 is 27.8 Å². The van der Waals surface area contributed by atoms with Gasteiger partial charge in [-0.2, -0.15) is 0 Å². The number of pyridine rings is 2. The monoisotopic (exact) mass is 583 g/mol. The first-order valence-corrected chi connectivity index (χ1v) is 14.3. The SMILES string of the molecule is COc1ccc(CN2Cc3nc(-c4c(F)cccc4F)cc(Cc4ccc(C(=O)CCC5CC5)cn4)c3C2=O)c(OC)c1. The third kappa shape index (κ3) is 5.98. The van der Waals surface area contributed by atoms with Crippen LogP contribution in [-0.4, -0.2) is 40.8 Å². The third-order valence-electron chi connectivity index (χ3n) is 8.09. The van der Waals surface area contributed by atoms with Crippen LogP contribution in [0.1, 0.15) is 68.9 Å². The van der Waals surface area contributed by atoms with Gasteiger partial charge in [-0.15, -0.1) is 0 Å². The molecule has 2 aromatic carbocycles. The van der Waals surface area contributed by atoms with E-state index in [1.165, 1.54) is 31.0 Å². The molecular formula is C34H31F2N3O4. The highest BCUT2D eigenvalue weighted by Crippen LogP contribution is 2.35. The van der Waals surface area contributed by atoms with E-state index in [4.69, 9.17) is 9.47 Å². The highest BCUT2D eigenvalue weighted by molar-refractivity contribution is 6.00. The zero-order chi connectivity index (χ0) is 30.1. The molecule has 2 aliphatic rings. The molecule has 1 aliphatic carbocycles. The zero-order valence-electron chi connectivity index (χ0n) is 24.0. The molecule has 43 heavy (non-hydrogen) atoms. The Morgan fingerprint density at radius 3 is 2.44 bits per heavy atom. The van der Waals surface area contributed by atoms with Gasteiger partial charge in [-0.25, -0.2) is 13.8 Å². The minimum atomic E-state index is -0.741. The Morgan fingerprint density at radius 1 is 0.977 bits per heavy atom. The molecule has 0 N–H and O–H groups in total. The quantitative estimate of drug-likeness (QED) is 0.186. The molecular weight excluding hydrogens is 552 g/mol. The summed E-state index contributed by atoms with van der Waals surface area (Å²) in [4.78, 5) is 37.1. The van der Waals surface area contributed by atoms with Gasteiger partial charge < -0.3 is 14.4 Å². The molecule has 1 fully saturated rings. The van der Waals surface area contributed by atoms with Crippen molar-refractivity contribution in [3.05, 3.63) is 106 Å². The van der Waals surface area contributed by atoms with Crippen LogP contribution in [-0.2, 0) is 19.5 Å². The van der Waals surface area contributed by atoms with Crippen molar-refractivity contribution in [2.75, 3.05) is 14.2 Å². The lowest BCUT2D eigenvalue weighted by atomic mass is 9.98. The molecule has 2 aromatic heterocycles. The maximum atomic E-state index is 14.8. The van der Waals surface area contributed by atoms with Gasteiger partial charge in [0.15, 0.2) is 5.78 Å². The van der Waals surface area contributed by atoms with Crippen molar-refractivity contribution in [2.45, 2.75) is 45.2 Å². The molecule has 0 spiro atoms. The number of benzene rings is 2. The van der Waals surface area contributed by atoms with Crippen LogP contribution in [0, 0.1) is 17.6 Å². The summed E-state index contributed by atoms with van der Waals surface area (Å²) in [5, 5.41) is 0. The van der Waals surface area contributed by atoms with Crippen molar-refractivity contribution in [3.63, 3.8) is 0 Å². The lowest BCUT2D eigenvalue weighted by Crippen LogP contribution is -2.24. The Labute approximate surface area is 248 Å². The average Bonchev–Trinajstić information content (AvgIpc) is 3.79. The molecule has 220 valence electrons. The molecule has 0 radical (unpaired) electrons.